The summed E-state index contributed by atoms with van der Waals surface area (Å²) in [5.74, 6) is 0. The minimum atomic E-state index is -3.71. The fraction of sp³-hybridized carbons (Fsp3) is 0.143. The van der Waals surface area contributed by atoms with Crippen molar-refractivity contribution in [2.45, 2.75) is 11.3 Å². The number of aromatic nitrogens is 1. The van der Waals surface area contributed by atoms with Crippen LogP contribution in [0.4, 0.5) is 5.69 Å². The molecule has 1 aromatic heterocycles. The third kappa shape index (κ3) is 2.95. The standard InChI is InChI=1S/C14H13N3O2S/c15-9-5-11-17(13-6-2-1-3-7-13)20(18,19)14-8-4-10-16-12-14/h1-4,6-8,10,12H,5,11H2. The molecule has 0 atom stereocenters. The number of hydrogen-bond acceptors (Lipinski definition) is 4. The van der Waals surface area contributed by atoms with Crippen molar-refractivity contribution in [3.8, 4) is 6.07 Å². The summed E-state index contributed by atoms with van der Waals surface area (Å²) in [5, 5.41) is 8.71. The molecule has 0 saturated carbocycles. The normalized spacial score (nSPS) is 10.8. The second kappa shape index (κ2) is 6.17. The van der Waals surface area contributed by atoms with Gasteiger partial charge in [-0.1, -0.05) is 18.2 Å². The van der Waals surface area contributed by atoms with Gasteiger partial charge < -0.3 is 0 Å². The van der Waals surface area contributed by atoms with Crippen molar-refractivity contribution in [1.29, 1.82) is 5.26 Å². The van der Waals surface area contributed by atoms with E-state index in [4.69, 9.17) is 5.26 Å². The summed E-state index contributed by atoms with van der Waals surface area (Å²) in [5.41, 5.74) is 0.534. The second-order valence-corrected chi connectivity index (χ2v) is 5.87. The maximum Gasteiger partial charge on any atom is 0.265 e. The quantitative estimate of drug-likeness (QED) is 0.845. The molecular formula is C14H13N3O2S. The van der Waals surface area contributed by atoms with Crippen molar-refractivity contribution in [1.82, 2.24) is 4.98 Å². The molecule has 0 radical (unpaired) electrons. The topological polar surface area (TPSA) is 74.1 Å². The molecule has 6 heteroatoms. The van der Waals surface area contributed by atoms with Crippen LogP contribution in [0.25, 0.3) is 0 Å². The predicted octanol–water partition coefficient (Wildman–Crippen LogP) is 2.19. The van der Waals surface area contributed by atoms with Gasteiger partial charge in [0.05, 0.1) is 18.2 Å². The van der Waals surface area contributed by atoms with Crippen LogP contribution in [0.15, 0.2) is 59.8 Å². The largest absolute Gasteiger partial charge is 0.265 e. The lowest BCUT2D eigenvalue weighted by atomic mass is 10.3. The smallest absolute Gasteiger partial charge is 0.265 e. The first-order chi connectivity index (χ1) is 9.66. The van der Waals surface area contributed by atoms with E-state index < -0.39 is 10.0 Å². The molecule has 0 N–H and O–H groups in total. The third-order valence-corrected chi connectivity index (χ3v) is 4.50. The van der Waals surface area contributed by atoms with Crippen LogP contribution in [0.3, 0.4) is 0 Å². The first-order valence-corrected chi connectivity index (χ1v) is 7.45. The maximum absolute atomic E-state index is 12.6. The lowest BCUT2D eigenvalue weighted by Crippen LogP contribution is -2.31. The molecule has 0 aliphatic carbocycles. The van der Waals surface area contributed by atoms with E-state index in [9.17, 15) is 8.42 Å². The number of anilines is 1. The number of pyridine rings is 1. The minimum absolute atomic E-state index is 0.109. The van der Waals surface area contributed by atoms with Gasteiger partial charge >= 0.3 is 0 Å². The second-order valence-electron chi connectivity index (χ2n) is 4.01. The Balaban J connectivity index is 2.44. The van der Waals surface area contributed by atoms with Crippen molar-refractivity contribution in [2.75, 3.05) is 10.8 Å². The molecule has 2 aromatic rings. The number of nitrogens with zero attached hydrogens (tertiary/aromatic N) is 3. The number of hydrogen-bond donors (Lipinski definition) is 0. The summed E-state index contributed by atoms with van der Waals surface area (Å²) in [6.07, 6.45) is 2.94. The van der Waals surface area contributed by atoms with Gasteiger partial charge in [-0.25, -0.2) is 8.42 Å². The van der Waals surface area contributed by atoms with Gasteiger partial charge in [-0.05, 0) is 24.3 Å². The van der Waals surface area contributed by atoms with Gasteiger partial charge in [0.15, 0.2) is 0 Å². The van der Waals surface area contributed by atoms with E-state index in [0.717, 1.165) is 0 Å². The maximum atomic E-state index is 12.6. The summed E-state index contributed by atoms with van der Waals surface area (Å²) in [6.45, 7) is 0.109. The van der Waals surface area contributed by atoms with Crippen LogP contribution < -0.4 is 4.31 Å². The molecule has 5 nitrogen and oxygen atoms in total. The zero-order valence-electron chi connectivity index (χ0n) is 10.7. The number of rotatable bonds is 5. The fourth-order valence-electron chi connectivity index (χ4n) is 1.76. The highest BCUT2D eigenvalue weighted by Crippen LogP contribution is 2.22. The van der Waals surface area contributed by atoms with E-state index in [-0.39, 0.29) is 17.9 Å². The van der Waals surface area contributed by atoms with Crippen LogP contribution in [0, 0.1) is 11.3 Å². The van der Waals surface area contributed by atoms with Crippen LogP contribution >= 0.6 is 0 Å². The van der Waals surface area contributed by atoms with Gasteiger partial charge in [-0.15, -0.1) is 0 Å². The fourth-order valence-corrected chi connectivity index (χ4v) is 3.19. The monoisotopic (exact) mass is 287 g/mol. The van der Waals surface area contributed by atoms with E-state index in [1.807, 2.05) is 12.1 Å². The van der Waals surface area contributed by atoms with Gasteiger partial charge in [0.1, 0.15) is 4.90 Å². The SMILES string of the molecule is N#CCCN(c1ccccc1)S(=O)(=O)c1cccnc1. The van der Waals surface area contributed by atoms with Gasteiger partial charge in [-0.2, -0.15) is 5.26 Å². The lowest BCUT2D eigenvalue weighted by molar-refractivity contribution is 0.590. The molecular weight excluding hydrogens is 274 g/mol. The molecule has 1 aromatic carbocycles. The van der Waals surface area contributed by atoms with Gasteiger partial charge in [-0.3, -0.25) is 9.29 Å². The highest BCUT2D eigenvalue weighted by molar-refractivity contribution is 7.92. The van der Waals surface area contributed by atoms with E-state index in [0.29, 0.717) is 5.69 Å². The van der Waals surface area contributed by atoms with Crippen molar-refractivity contribution in [2.24, 2.45) is 0 Å². The Morgan fingerprint density at radius 3 is 2.50 bits per heavy atom. The summed E-state index contributed by atoms with van der Waals surface area (Å²) >= 11 is 0. The van der Waals surface area contributed by atoms with E-state index in [1.165, 1.54) is 22.8 Å². The average molecular weight is 287 g/mol. The van der Waals surface area contributed by atoms with Crippen molar-refractivity contribution >= 4 is 15.7 Å². The number of nitriles is 1. The zero-order valence-corrected chi connectivity index (χ0v) is 11.5. The number of para-hydroxylation sites is 1. The molecule has 20 heavy (non-hydrogen) atoms. The van der Waals surface area contributed by atoms with E-state index in [2.05, 4.69) is 4.98 Å². The van der Waals surface area contributed by atoms with Gasteiger partial charge in [0, 0.05) is 18.9 Å². The Hall–Kier alpha value is -2.39. The molecule has 2 rings (SSSR count). The van der Waals surface area contributed by atoms with Crippen molar-refractivity contribution < 1.29 is 8.42 Å². The summed E-state index contributed by atoms with van der Waals surface area (Å²) < 4.78 is 26.5. The molecule has 0 aliphatic rings. The molecule has 0 spiro atoms. The van der Waals surface area contributed by atoms with Crippen molar-refractivity contribution in [3.05, 3.63) is 54.9 Å². The number of benzene rings is 1. The molecule has 102 valence electrons. The molecule has 1 heterocycles. The van der Waals surface area contributed by atoms with Crippen LogP contribution in [0.2, 0.25) is 0 Å². The Kier molecular flexibility index (Phi) is 4.33. The van der Waals surface area contributed by atoms with Crippen LogP contribution in [0.1, 0.15) is 6.42 Å². The number of sulfonamides is 1. The minimum Gasteiger partial charge on any atom is -0.265 e. The Labute approximate surface area is 118 Å². The van der Waals surface area contributed by atoms with Gasteiger partial charge in [0.25, 0.3) is 10.0 Å². The Bertz CT molecular complexity index is 694. The molecule has 0 saturated heterocycles. The van der Waals surface area contributed by atoms with E-state index >= 15 is 0 Å². The molecule has 0 fully saturated rings. The molecule has 0 amide bonds. The van der Waals surface area contributed by atoms with Crippen molar-refractivity contribution in [3.63, 3.8) is 0 Å². The Morgan fingerprint density at radius 1 is 1.15 bits per heavy atom. The van der Waals surface area contributed by atoms with Crippen LogP contribution in [0.5, 0.6) is 0 Å². The first kappa shape index (κ1) is 14.0. The molecule has 0 bridgehead atoms. The highest BCUT2D eigenvalue weighted by atomic mass is 32.2. The summed E-state index contributed by atoms with van der Waals surface area (Å²) in [4.78, 5) is 3.95. The van der Waals surface area contributed by atoms with E-state index in [1.54, 1.807) is 30.3 Å². The lowest BCUT2D eigenvalue weighted by Gasteiger charge is -2.23. The van der Waals surface area contributed by atoms with Gasteiger partial charge in [0.2, 0.25) is 0 Å². The highest BCUT2D eigenvalue weighted by Gasteiger charge is 2.24. The van der Waals surface area contributed by atoms with Crippen LogP contribution in [-0.4, -0.2) is 19.9 Å². The Morgan fingerprint density at radius 2 is 1.90 bits per heavy atom. The summed E-state index contributed by atoms with van der Waals surface area (Å²) in [6, 6.07) is 13.8. The molecule has 0 unspecified atom stereocenters. The average Bonchev–Trinajstić information content (AvgIpc) is 2.49. The molecule has 0 aliphatic heterocycles. The first-order valence-electron chi connectivity index (χ1n) is 6.01. The third-order valence-electron chi connectivity index (χ3n) is 2.69. The summed E-state index contributed by atoms with van der Waals surface area (Å²) in [7, 11) is -3.71. The zero-order chi connectivity index (χ0) is 14.4. The predicted molar refractivity (Wildman–Crippen MR) is 75.4 cm³/mol. The van der Waals surface area contributed by atoms with Crippen LogP contribution in [-0.2, 0) is 10.0 Å².